The number of hydrogen-bond acceptors (Lipinski definition) is 3. The van der Waals surface area contributed by atoms with Gasteiger partial charge < -0.3 is 10.1 Å². The van der Waals surface area contributed by atoms with Gasteiger partial charge in [0.2, 0.25) is 6.23 Å². The van der Waals surface area contributed by atoms with E-state index in [0.29, 0.717) is 0 Å². The molecule has 1 rings (SSSR count). The smallest absolute Gasteiger partial charge is 0.332 e. The first-order valence-electron chi connectivity index (χ1n) is 5.77. The lowest BCUT2D eigenvalue weighted by molar-refractivity contribution is -0.137. The topological polar surface area (TPSA) is 62.1 Å². The Morgan fingerprint density at radius 1 is 1.38 bits per heavy atom. The van der Waals surface area contributed by atoms with E-state index in [1.165, 1.54) is 0 Å². The lowest BCUT2D eigenvalue weighted by Gasteiger charge is -2.11. The Labute approximate surface area is 119 Å². The first-order valence-corrected chi connectivity index (χ1v) is 5.77. The van der Waals surface area contributed by atoms with Crippen LogP contribution < -0.4 is 5.32 Å². The minimum Gasteiger partial charge on any atom is -0.332 e. The van der Waals surface area contributed by atoms with Gasteiger partial charge in [-0.25, -0.2) is 0 Å². The molecule has 4 nitrogen and oxygen atoms in total. The molecule has 1 amide bonds. The summed E-state index contributed by atoms with van der Waals surface area (Å²) in [5.41, 5.74) is -0.862. The predicted octanol–water partition coefficient (Wildman–Crippen LogP) is 2.32. The average Bonchev–Trinajstić information content (AvgIpc) is 2.45. The maximum Gasteiger partial charge on any atom is 0.416 e. The van der Waals surface area contributed by atoms with Gasteiger partial charge >= 0.3 is 6.18 Å². The van der Waals surface area contributed by atoms with E-state index < -0.39 is 23.9 Å². The van der Waals surface area contributed by atoms with E-state index in [-0.39, 0.29) is 12.2 Å². The summed E-state index contributed by atoms with van der Waals surface area (Å²) in [5.74, 6) is 4.39. The highest BCUT2D eigenvalue weighted by molar-refractivity contribution is 5.94. The Kier molecular flexibility index (Phi) is 5.77. The van der Waals surface area contributed by atoms with Crippen LogP contribution in [0.3, 0.4) is 0 Å². The molecule has 0 heterocycles. The molecule has 1 aromatic carbocycles. The molecule has 0 spiro atoms. The molecule has 1 N–H and O–H groups in total. The van der Waals surface area contributed by atoms with Crippen LogP contribution in [0, 0.1) is 23.2 Å². The van der Waals surface area contributed by atoms with E-state index in [4.69, 9.17) is 10.00 Å². The second-order valence-electron chi connectivity index (χ2n) is 3.80. The molecule has 0 radical (unpaired) electrons. The Bertz CT molecular complexity index is 592. The van der Waals surface area contributed by atoms with Crippen LogP contribution in [0.15, 0.2) is 24.3 Å². The maximum absolute atomic E-state index is 12.4. The van der Waals surface area contributed by atoms with Crippen molar-refractivity contribution in [3.8, 4) is 17.9 Å². The van der Waals surface area contributed by atoms with Crippen molar-refractivity contribution in [3.05, 3.63) is 35.4 Å². The van der Waals surface area contributed by atoms with E-state index >= 15 is 0 Å². The fraction of sp³-hybridized carbons (Fsp3) is 0.286. The van der Waals surface area contributed by atoms with Gasteiger partial charge in [-0.1, -0.05) is 5.92 Å². The zero-order valence-electron chi connectivity index (χ0n) is 11.0. The van der Waals surface area contributed by atoms with Crippen molar-refractivity contribution < 1.29 is 22.7 Å². The highest BCUT2D eigenvalue weighted by atomic mass is 19.4. The highest BCUT2D eigenvalue weighted by Gasteiger charge is 2.30. The quantitative estimate of drug-likeness (QED) is 0.685. The molecule has 0 aliphatic rings. The number of carbonyl (C=O) groups is 1. The summed E-state index contributed by atoms with van der Waals surface area (Å²) in [6.07, 6.45) is -5.69. The van der Waals surface area contributed by atoms with Gasteiger partial charge in [-0.3, -0.25) is 4.79 Å². The summed E-state index contributed by atoms with van der Waals surface area (Å²) in [5, 5.41) is 11.0. The summed E-state index contributed by atoms with van der Waals surface area (Å²) >= 11 is 0. The highest BCUT2D eigenvalue weighted by Crippen LogP contribution is 2.29. The van der Waals surface area contributed by atoms with Crippen LogP contribution in [0.5, 0.6) is 0 Å². The van der Waals surface area contributed by atoms with Gasteiger partial charge in [0.1, 0.15) is 12.7 Å². The molecule has 0 aliphatic heterocycles. The molecule has 110 valence electrons. The lowest BCUT2D eigenvalue weighted by atomic mass is 10.1. The first kappa shape index (κ1) is 16.5. The molecular weight excluding hydrogens is 285 g/mol. The molecular formula is C14H11F3N2O2. The van der Waals surface area contributed by atoms with Crippen LogP contribution in [0.4, 0.5) is 13.2 Å². The van der Waals surface area contributed by atoms with Crippen LogP contribution >= 0.6 is 0 Å². The monoisotopic (exact) mass is 296 g/mol. The van der Waals surface area contributed by atoms with Gasteiger partial charge in [-0.15, -0.1) is 5.92 Å². The Morgan fingerprint density at radius 2 is 2.00 bits per heavy atom. The number of hydrogen-bond donors (Lipinski definition) is 1. The van der Waals surface area contributed by atoms with Crippen molar-refractivity contribution in [1.82, 2.24) is 5.32 Å². The Hall–Kier alpha value is -2.51. The molecule has 7 heteroatoms. The molecule has 0 aliphatic carbocycles. The van der Waals surface area contributed by atoms with E-state index in [1.54, 1.807) is 13.0 Å². The van der Waals surface area contributed by atoms with Gasteiger partial charge in [-0.2, -0.15) is 18.4 Å². The number of nitrogens with one attached hydrogen (secondary N) is 1. The van der Waals surface area contributed by atoms with Crippen LogP contribution in [0.1, 0.15) is 22.8 Å². The van der Waals surface area contributed by atoms with Gasteiger partial charge in [-0.05, 0) is 31.2 Å². The Balaban J connectivity index is 2.70. The second-order valence-corrected chi connectivity index (χ2v) is 3.80. The molecule has 0 fully saturated rings. The number of amides is 1. The molecule has 21 heavy (non-hydrogen) atoms. The third-order valence-corrected chi connectivity index (χ3v) is 2.35. The number of rotatable bonds is 4. The van der Waals surface area contributed by atoms with E-state index in [1.807, 2.05) is 0 Å². The minimum atomic E-state index is -4.47. The number of carbonyl (C=O) groups excluding carboxylic acids is 1. The van der Waals surface area contributed by atoms with Crippen molar-refractivity contribution in [3.63, 3.8) is 0 Å². The fourth-order valence-electron chi connectivity index (χ4n) is 1.32. The molecule has 1 unspecified atom stereocenters. The summed E-state index contributed by atoms with van der Waals surface area (Å²) in [6.45, 7) is 1.55. The average molecular weight is 296 g/mol. The maximum atomic E-state index is 12.4. The summed E-state index contributed by atoms with van der Waals surface area (Å²) in [7, 11) is 0. The predicted molar refractivity (Wildman–Crippen MR) is 67.7 cm³/mol. The van der Waals surface area contributed by atoms with E-state index in [0.717, 1.165) is 24.3 Å². The van der Waals surface area contributed by atoms with Crippen molar-refractivity contribution in [2.45, 2.75) is 19.3 Å². The third kappa shape index (κ3) is 5.17. The normalized spacial score (nSPS) is 11.8. The first-order chi connectivity index (χ1) is 9.88. The number of halogens is 3. The molecule has 0 saturated heterocycles. The molecule has 0 aromatic heterocycles. The molecule has 0 saturated carbocycles. The van der Waals surface area contributed by atoms with Gasteiger partial charge in [0.15, 0.2) is 0 Å². The molecule has 1 atom stereocenters. The third-order valence-electron chi connectivity index (χ3n) is 2.35. The van der Waals surface area contributed by atoms with Gasteiger partial charge in [0.05, 0.1) is 5.56 Å². The number of alkyl halides is 3. The minimum absolute atomic E-state index is 0.00609. The standard InChI is InChI=1S/C14H11F3N2O2/c1-2-3-8-21-12(9-18)19-13(20)10-4-6-11(7-5-10)14(15,16)17/h4-7,12H,8H2,1H3,(H,19,20). The van der Waals surface area contributed by atoms with Gasteiger partial charge in [0, 0.05) is 5.56 Å². The molecule has 0 bridgehead atoms. The van der Waals surface area contributed by atoms with Gasteiger partial charge in [0.25, 0.3) is 5.91 Å². The zero-order chi connectivity index (χ0) is 15.9. The van der Waals surface area contributed by atoms with Crippen LogP contribution in [-0.2, 0) is 10.9 Å². The Morgan fingerprint density at radius 3 is 2.48 bits per heavy atom. The second kappa shape index (κ2) is 7.32. The summed E-state index contributed by atoms with van der Waals surface area (Å²) in [4.78, 5) is 11.7. The lowest BCUT2D eigenvalue weighted by Crippen LogP contribution is -2.36. The summed E-state index contributed by atoms with van der Waals surface area (Å²) < 4.78 is 42.1. The van der Waals surface area contributed by atoms with E-state index in [2.05, 4.69) is 17.2 Å². The largest absolute Gasteiger partial charge is 0.416 e. The van der Waals surface area contributed by atoms with Crippen molar-refractivity contribution >= 4 is 5.91 Å². The fourth-order valence-corrected chi connectivity index (χ4v) is 1.32. The zero-order valence-corrected chi connectivity index (χ0v) is 11.0. The van der Waals surface area contributed by atoms with Crippen molar-refractivity contribution in [2.24, 2.45) is 0 Å². The van der Waals surface area contributed by atoms with E-state index in [9.17, 15) is 18.0 Å². The molecule has 1 aromatic rings. The van der Waals surface area contributed by atoms with Crippen LogP contribution in [0.2, 0.25) is 0 Å². The summed E-state index contributed by atoms with van der Waals surface area (Å²) in [6, 6.07) is 5.33. The number of ether oxygens (including phenoxy) is 1. The number of nitrogens with zero attached hydrogens (tertiary/aromatic N) is 1. The van der Waals surface area contributed by atoms with Crippen LogP contribution in [-0.4, -0.2) is 18.7 Å². The SMILES string of the molecule is CC#CCOC(C#N)NC(=O)c1ccc(C(F)(F)F)cc1. The van der Waals surface area contributed by atoms with Crippen LogP contribution in [0.25, 0.3) is 0 Å². The van der Waals surface area contributed by atoms with Crippen molar-refractivity contribution in [1.29, 1.82) is 5.26 Å². The van der Waals surface area contributed by atoms with Crippen molar-refractivity contribution in [2.75, 3.05) is 6.61 Å². The number of benzene rings is 1. The number of nitriles is 1.